The van der Waals surface area contributed by atoms with Crippen molar-refractivity contribution < 1.29 is 17.6 Å². The van der Waals surface area contributed by atoms with Crippen molar-refractivity contribution in [1.82, 2.24) is 25.3 Å². The van der Waals surface area contributed by atoms with E-state index < -0.39 is 17.7 Å². The molecule has 0 saturated carbocycles. The number of hydrogen-bond acceptors (Lipinski definition) is 7. The van der Waals surface area contributed by atoms with Crippen LogP contribution in [0.2, 0.25) is 0 Å². The van der Waals surface area contributed by atoms with E-state index in [0.29, 0.717) is 11.2 Å². The van der Waals surface area contributed by atoms with Crippen LogP contribution in [-0.2, 0) is 19.1 Å². The maximum atomic E-state index is 15.0. The van der Waals surface area contributed by atoms with Crippen molar-refractivity contribution in [2.24, 2.45) is 4.99 Å². The zero-order valence-corrected chi connectivity index (χ0v) is 21.5. The molecule has 1 atom stereocenters. The van der Waals surface area contributed by atoms with Gasteiger partial charge in [-0.3, -0.25) is 9.98 Å². The molecule has 0 spiro atoms. The molecule has 0 bridgehead atoms. The fraction of sp³-hybridized carbons (Fsp3) is 0.321. The second-order valence-electron chi connectivity index (χ2n) is 9.66. The van der Waals surface area contributed by atoms with E-state index in [0.717, 1.165) is 60.9 Å². The number of hydrogen-bond donors (Lipinski definition) is 4. The quantitative estimate of drug-likeness (QED) is 0.128. The van der Waals surface area contributed by atoms with Crippen LogP contribution in [0.15, 0.2) is 54.0 Å². The summed E-state index contributed by atoms with van der Waals surface area (Å²) in [6.45, 7) is 1.66. The van der Waals surface area contributed by atoms with E-state index in [9.17, 15) is 17.6 Å². The SMILES string of the molecule is N=CC(C=NC1CCNCC1)c1cnc2[nH]cc(Cc3ccc(NCc4cnccc4C(F)(F)F)nc3F)c2c1. The van der Waals surface area contributed by atoms with E-state index >= 15 is 0 Å². The Labute approximate surface area is 227 Å². The van der Waals surface area contributed by atoms with Gasteiger partial charge in [0.05, 0.1) is 17.5 Å². The fourth-order valence-corrected chi connectivity index (χ4v) is 4.73. The van der Waals surface area contributed by atoms with Crippen LogP contribution in [-0.4, -0.2) is 51.5 Å². The molecule has 0 amide bonds. The van der Waals surface area contributed by atoms with Gasteiger partial charge >= 0.3 is 6.18 Å². The number of aromatic amines is 1. The normalized spacial score (nSPS) is 15.5. The minimum Gasteiger partial charge on any atom is -0.366 e. The topological polar surface area (TPSA) is 115 Å². The largest absolute Gasteiger partial charge is 0.416 e. The Morgan fingerprint density at radius 3 is 2.70 bits per heavy atom. The van der Waals surface area contributed by atoms with Gasteiger partial charge in [0.2, 0.25) is 5.95 Å². The third kappa shape index (κ3) is 6.33. The van der Waals surface area contributed by atoms with Crippen molar-refractivity contribution in [3.8, 4) is 0 Å². The summed E-state index contributed by atoms with van der Waals surface area (Å²) in [4.78, 5) is 19.9. The number of piperidine rings is 1. The monoisotopic (exact) mass is 552 g/mol. The Morgan fingerprint density at radius 2 is 1.95 bits per heavy atom. The number of aliphatic imine (C=N–C) groups is 1. The number of H-pyrrole nitrogens is 1. The molecule has 1 aliphatic rings. The molecule has 1 aliphatic heterocycles. The number of pyridine rings is 3. The van der Waals surface area contributed by atoms with Crippen molar-refractivity contribution in [2.45, 2.75) is 43.9 Å². The molecule has 208 valence electrons. The molecule has 4 N–H and O–H groups in total. The molecule has 5 rings (SSSR count). The molecule has 0 aliphatic carbocycles. The zero-order valence-electron chi connectivity index (χ0n) is 21.5. The molecule has 1 saturated heterocycles. The van der Waals surface area contributed by atoms with Crippen LogP contribution in [0.4, 0.5) is 23.4 Å². The van der Waals surface area contributed by atoms with Crippen molar-refractivity contribution in [3.05, 3.63) is 82.8 Å². The second-order valence-corrected chi connectivity index (χ2v) is 9.66. The third-order valence-electron chi connectivity index (χ3n) is 6.94. The summed E-state index contributed by atoms with van der Waals surface area (Å²) in [6.07, 6.45) is 6.45. The average Bonchev–Trinajstić information content (AvgIpc) is 3.36. The number of halogens is 4. The van der Waals surface area contributed by atoms with Gasteiger partial charge in [-0.05, 0) is 55.3 Å². The van der Waals surface area contributed by atoms with Gasteiger partial charge in [-0.1, -0.05) is 6.07 Å². The summed E-state index contributed by atoms with van der Waals surface area (Å²) in [6, 6.07) is 6.17. The Bertz CT molecular complexity index is 1510. The lowest BCUT2D eigenvalue weighted by molar-refractivity contribution is -0.138. The van der Waals surface area contributed by atoms with Crippen LogP contribution in [0.1, 0.15) is 46.6 Å². The smallest absolute Gasteiger partial charge is 0.366 e. The summed E-state index contributed by atoms with van der Waals surface area (Å²) in [5.41, 5.74) is 1.71. The van der Waals surface area contributed by atoms with Crippen LogP contribution in [0.5, 0.6) is 0 Å². The minimum absolute atomic E-state index is 0.0626. The van der Waals surface area contributed by atoms with Crippen molar-refractivity contribution >= 4 is 29.3 Å². The predicted octanol–water partition coefficient (Wildman–Crippen LogP) is 5.27. The molecule has 5 heterocycles. The highest BCUT2D eigenvalue weighted by atomic mass is 19.4. The molecule has 40 heavy (non-hydrogen) atoms. The second kappa shape index (κ2) is 11.9. The van der Waals surface area contributed by atoms with Gasteiger partial charge in [-0.2, -0.15) is 17.6 Å². The van der Waals surface area contributed by atoms with E-state index in [1.165, 1.54) is 12.3 Å². The molecule has 0 radical (unpaired) electrons. The van der Waals surface area contributed by atoms with Gasteiger partial charge in [-0.25, -0.2) is 9.97 Å². The minimum atomic E-state index is -4.52. The van der Waals surface area contributed by atoms with E-state index in [1.54, 1.807) is 24.7 Å². The third-order valence-corrected chi connectivity index (χ3v) is 6.94. The Morgan fingerprint density at radius 1 is 1.12 bits per heavy atom. The van der Waals surface area contributed by atoms with Gasteiger partial charge < -0.3 is 21.0 Å². The first-order chi connectivity index (χ1) is 19.3. The summed E-state index contributed by atoms with van der Waals surface area (Å²) >= 11 is 0. The van der Waals surface area contributed by atoms with Crippen LogP contribution in [0.25, 0.3) is 11.0 Å². The molecule has 4 aromatic rings. The summed E-state index contributed by atoms with van der Waals surface area (Å²) in [5, 5.41) is 14.8. The molecule has 0 aromatic carbocycles. The van der Waals surface area contributed by atoms with Crippen LogP contribution in [0, 0.1) is 11.4 Å². The van der Waals surface area contributed by atoms with Crippen molar-refractivity contribution in [1.29, 1.82) is 5.41 Å². The first kappa shape index (κ1) is 27.4. The predicted molar refractivity (Wildman–Crippen MR) is 146 cm³/mol. The lowest BCUT2D eigenvalue weighted by Gasteiger charge is -2.19. The van der Waals surface area contributed by atoms with Crippen LogP contribution in [0.3, 0.4) is 0 Å². The molecule has 1 unspecified atom stereocenters. The van der Waals surface area contributed by atoms with E-state index in [-0.39, 0.29) is 36.3 Å². The number of aromatic nitrogens is 4. The fourth-order valence-electron chi connectivity index (χ4n) is 4.73. The molecule has 1 fully saturated rings. The Kier molecular flexibility index (Phi) is 8.15. The van der Waals surface area contributed by atoms with Crippen LogP contribution < -0.4 is 10.6 Å². The first-order valence-corrected chi connectivity index (χ1v) is 12.9. The highest BCUT2D eigenvalue weighted by Gasteiger charge is 2.33. The van der Waals surface area contributed by atoms with E-state index in [1.807, 2.05) is 6.07 Å². The first-order valence-electron chi connectivity index (χ1n) is 12.9. The number of anilines is 1. The van der Waals surface area contributed by atoms with Gasteiger partial charge in [-0.15, -0.1) is 0 Å². The standard InChI is InChI=1S/C28H28F4N8/c29-26-17(1-2-25(40-26)37-16-21-12-35-8-5-24(21)28(30,31)32)9-19-14-39-27-23(19)10-18(13-38-27)20(11-33)15-36-22-3-6-34-7-4-22/h1-2,5,8,10-15,20,22,33-34H,3-4,6-7,9,16H2,(H,37,40)(H,38,39). The Hall–Kier alpha value is -4.19. The Balaban J connectivity index is 1.30. The summed E-state index contributed by atoms with van der Waals surface area (Å²) in [5.74, 6) is -0.934. The highest BCUT2D eigenvalue weighted by molar-refractivity contribution is 5.91. The average molecular weight is 553 g/mol. The molecule has 4 aromatic heterocycles. The summed E-state index contributed by atoms with van der Waals surface area (Å²) < 4.78 is 54.6. The maximum Gasteiger partial charge on any atom is 0.416 e. The van der Waals surface area contributed by atoms with E-state index in [4.69, 9.17) is 5.41 Å². The van der Waals surface area contributed by atoms with Crippen molar-refractivity contribution in [3.63, 3.8) is 0 Å². The number of fused-ring (bicyclic) bond motifs is 1. The van der Waals surface area contributed by atoms with Gasteiger partial charge in [0, 0.05) is 66.7 Å². The van der Waals surface area contributed by atoms with Gasteiger partial charge in [0.1, 0.15) is 11.5 Å². The zero-order chi connectivity index (χ0) is 28.1. The number of rotatable bonds is 9. The van der Waals surface area contributed by atoms with E-state index in [2.05, 4.69) is 35.6 Å². The molecular formula is C28H28F4N8. The van der Waals surface area contributed by atoms with Gasteiger partial charge in [0.15, 0.2) is 0 Å². The molecule has 12 heteroatoms. The number of nitrogens with zero attached hydrogens (tertiary/aromatic N) is 4. The highest BCUT2D eigenvalue weighted by Crippen LogP contribution is 2.32. The summed E-state index contributed by atoms with van der Waals surface area (Å²) in [7, 11) is 0. The lowest BCUT2D eigenvalue weighted by atomic mass is 9.99. The number of nitrogens with one attached hydrogen (secondary N) is 4. The molecule has 8 nitrogen and oxygen atoms in total. The van der Waals surface area contributed by atoms with Gasteiger partial charge in [0.25, 0.3) is 0 Å². The lowest BCUT2D eigenvalue weighted by Crippen LogP contribution is -2.30. The van der Waals surface area contributed by atoms with Crippen LogP contribution >= 0.6 is 0 Å². The molecular weight excluding hydrogens is 524 g/mol. The maximum absolute atomic E-state index is 15.0. The van der Waals surface area contributed by atoms with Crippen molar-refractivity contribution in [2.75, 3.05) is 18.4 Å². The number of alkyl halides is 3.